The van der Waals surface area contributed by atoms with Crippen molar-refractivity contribution in [2.45, 2.75) is 6.18 Å². The molecule has 0 saturated heterocycles. The number of ether oxygens (including phenoxy) is 1. The number of carbonyl (C=O) groups excluding carboxylic acids is 1. The largest absolute Gasteiger partial charge is 0.465 e. The highest BCUT2D eigenvalue weighted by molar-refractivity contribution is 7.21. The highest BCUT2D eigenvalue weighted by Gasteiger charge is 2.34. The maximum absolute atomic E-state index is 13.7. The van der Waals surface area contributed by atoms with Gasteiger partial charge in [-0.25, -0.2) is 14.2 Å². The van der Waals surface area contributed by atoms with Crippen LogP contribution in [-0.4, -0.2) is 18.1 Å². The summed E-state index contributed by atoms with van der Waals surface area (Å²) < 4.78 is 57.5. The molecule has 0 spiro atoms. The van der Waals surface area contributed by atoms with Crippen LogP contribution in [0.4, 0.5) is 17.6 Å². The number of rotatable bonds is 2. The number of fused-ring (bicyclic) bond motifs is 1. The maximum atomic E-state index is 13.7. The standard InChI is InChI=1S/C16H8ClF4NO2S/c1-24-15(23)8-2-7(3-9(18)4-8)14-22-12-5-10(16(19,20)21)11(17)6-13(12)25-14/h2-6H,1H3. The second-order valence-corrected chi connectivity index (χ2v) is 6.47. The summed E-state index contributed by atoms with van der Waals surface area (Å²) in [6.45, 7) is 0. The number of carbonyl (C=O) groups is 1. The normalized spacial score (nSPS) is 11.8. The Morgan fingerprint density at radius 3 is 2.56 bits per heavy atom. The van der Waals surface area contributed by atoms with E-state index in [9.17, 15) is 22.4 Å². The lowest BCUT2D eigenvalue weighted by molar-refractivity contribution is -0.137. The third-order valence-electron chi connectivity index (χ3n) is 3.35. The van der Waals surface area contributed by atoms with Gasteiger partial charge in [0.1, 0.15) is 10.8 Å². The van der Waals surface area contributed by atoms with Crippen LogP contribution in [0.15, 0.2) is 30.3 Å². The summed E-state index contributed by atoms with van der Waals surface area (Å²) in [5.74, 6) is -1.42. The summed E-state index contributed by atoms with van der Waals surface area (Å²) in [5, 5.41) is -0.181. The van der Waals surface area contributed by atoms with Crippen LogP contribution in [-0.2, 0) is 10.9 Å². The maximum Gasteiger partial charge on any atom is 0.417 e. The van der Waals surface area contributed by atoms with Gasteiger partial charge in [-0.3, -0.25) is 0 Å². The first kappa shape index (κ1) is 17.6. The van der Waals surface area contributed by atoms with Crippen molar-refractivity contribution in [1.29, 1.82) is 0 Å². The first-order valence-electron chi connectivity index (χ1n) is 6.75. The highest BCUT2D eigenvalue weighted by atomic mass is 35.5. The molecule has 3 rings (SSSR count). The van der Waals surface area contributed by atoms with Crippen molar-refractivity contribution in [3.05, 3.63) is 52.3 Å². The molecule has 3 nitrogen and oxygen atoms in total. The van der Waals surface area contributed by atoms with E-state index in [1.807, 2.05) is 0 Å². The zero-order valence-electron chi connectivity index (χ0n) is 12.4. The van der Waals surface area contributed by atoms with E-state index in [1.54, 1.807) is 0 Å². The lowest BCUT2D eigenvalue weighted by Crippen LogP contribution is -2.05. The number of aromatic nitrogens is 1. The molecule has 3 aromatic rings. The predicted molar refractivity (Wildman–Crippen MR) is 86.4 cm³/mol. The van der Waals surface area contributed by atoms with Gasteiger partial charge in [0.15, 0.2) is 0 Å². The molecule has 0 N–H and O–H groups in total. The fraction of sp³-hybridized carbons (Fsp3) is 0.125. The van der Waals surface area contributed by atoms with Crippen molar-refractivity contribution >= 4 is 39.1 Å². The number of hydrogen-bond acceptors (Lipinski definition) is 4. The van der Waals surface area contributed by atoms with Crippen LogP contribution in [0.3, 0.4) is 0 Å². The molecule has 1 heterocycles. The molecule has 9 heteroatoms. The van der Waals surface area contributed by atoms with Crippen molar-refractivity contribution in [3.8, 4) is 10.6 Å². The van der Waals surface area contributed by atoms with Gasteiger partial charge in [-0.15, -0.1) is 11.3 Å². The molecule has 1 aromatic heterocycles. The first-order valence-corrected chi connectivity index (χ1v) is 7.95. The number of methoxy groups -OCH3 is 1. The van der Waals surface area contributed by atoms with Gasteiger partial charge < -0.3 is 4.74 Å². The number of thiazole rings is 1. The summed E-state index contributed by atoms with van der Waals surface area (Å²) in [7, 11) is 1.16. The van der Waals surface area contributed by atoms with Crippen LogP contribution in [0.2, 0.25) is 5.02 Å². The van der Waals surface area contributed by atoms with E-state index in [1.165, 1.54) is 12.1 Å². The topological polar surface area (TPSA) is 39.2 Å². The van der Waals surface area contributed by atoms with Crippen LogP contribution in [0.1, 0.15) is 15.9 Å². The fourth-order valence-electron chi connectivity index (χ4n) is 2.24. The Morgan fingerprint density at radius 1 is 1.20 bits per heavy atom. The summed E-state index contributed by atoms with van der Waals surface area (Å²) in [4.78, 5) is 15.7. The van der Waals surface area contributed by atoms with Gasteiger partial charge >= 0.3 is 12.1 Å². The van der Waals surface area contributed by atoms with Crippen molar-refractivity contribution in [2.24, 2.45) is 0 Å². The minimum Gasteiger partial charge on any atom is -0.465 e. The number of benzene rings is 2. The molecule has 0 aliphatic rings. The third kappa shape index (κ3) is 3.45. The molecule has 25 heavy (non-hydrogen) atoms. The molecule has 0 bridgehead atoms. The average Bonchev–Trinajstić information content (AvgIpc) is 2.94. The van der Waals surface area contributed by atoms with Crippen LogP contribution in [0.5, 0.6) is 0 Å². The van der Waals surface area contributed by atoms with Gasteiger partial charge in [-0.1, -0.05) is 11.6 Å². The molecule has 0 aliphatic heterocycles. The molecule has 0 amide bonds. The van der Waals surface area contributed by atoms with Gasteiger partial charge in [0, 0.05) is 5.56 Å². The van der Waals surface area contributed by atoms with Crippen molar-refractivity contribution in [1.82, 2.24) is 4.98 Å². The fourth-order valence-corrected chi connectivity index (χ4v) is 3.55. The number of alkyl halides is 3. The summed E-state index contributed by atoms with van der Waals surface area (Å²) in [5.41, 5.74) is -0.675. The molecule has 2 aromatic carbocycles. The number of nitrogens with zero attached hydrogens (tertiary/aromatic N) is 1. The molecular weight excluding hydrogens is 382 g/mol. The zero-order chi connectivity index (χ0) is 18.4. The summed E-state index contributed by atoms with van der Waals surface area (Å²) in [6, 6.07) is 5.51. The van der Waals surface area contributed by atoms with Gasteiger partial charge in [-0.05, 0) is 30.3 Å². The smallest absolute Gasteiger partial charge is 0.417 e. The van der Waals surface area contributed by atoms with E-state index in [-0.39, 0.29) is 21.7 Å². The minimum atomic E-state index is -4.61. The Morgan fingerprint density at radius 2 is 1.92 bits per heavy atom. The number of esters is 1. The second kappa shape index (κ2) is 6.27. The third-order valence-corrected chi connectivity index (χ3v) is 4.73. The number of halogens is 5. The molecule has 0 radical (unpaired) electrons. The average molecular weight is 390 g/mol. The summed E-state index contributed by atoms with van der Waals surface area (Å²) in [6.07, 6.45) is -4.61. The molecule has 0 unspecified atom stereocenters. The Hall–Kier alpha value is -2.19. The highest BCUT2D eigenvalue weighted by Crippen LogP contribution is 2.40. The molecule has 0 aliphatic carbocycles. The van der Waals surface area contributed by atoms with Crippen molar-refractivity contribution in [3.63, 3.8) is 0 Å². The van der Waals surface area contributed by atoms with Gasteiger partial charge in [0.05, 0.1) is 33.5 Å². The minimum absolute atomic E-state index is 0.0224. The monoisotopic (exact) mass is 389 g/mol. The van der Waals surface area contributed by atoms with E-state index in [0.29, 0.717) is 4.70 Å². The SMILES string of the molecule is COC(=O)c1cc(F)cc(-c2nc3cc(C(F)(F)F)c(Cl)cc3s2)c1. The Labute approximate surface area is 147 Å². The lowest BCUT2D eigenvalue weighted by Gasteiger charge is -2.07. The Bertz CT molecular complexity index is 984. The molecule has 130 valence electrons. The Kier molecular flexibility index (Phi) is 4.42. The van der Waals surface area contributed by atoms with Gasteiger partial charge in [-0.2, -0.15) is 13.2 Å². The van der Waals surface area contributed by atoms with Crippen LogP contribution >= 0.6 is 22.9 Å². The van der Waals surface area contributed by atoms with E-state index >= 15 is 0 Å². The number of hydrogen-bond donors (Lipinski definition) is 0. The summed E-state index contributed by atoms with van der Waals surface area (Å²) >= 11 is 6.73. The van der Waals surface area contributed by atoms with Crippen LogP contribution in [0.25, 0.3) is 20.8 Å². The second-order valence-electron chi connectivity index (χ2n) is 5.04. The van der Waals surface area contributed by atoms with Crippen LogP contribution in [0, 0.1) is 5.82 Å². The van der Waals surface area contributed by atoms with Gasteiger partial charge in [0.2, 0.25) is 0 Å². The van der Waals surface area contributed by atoms with E-state index < -0.39 is 28.5 Å². The lowest BCUT2D eigenvalue weighted by atomic mass is 10.1. The predicted octanol–water partition coefficient (Wildman–Crippen LogP) is 5.56. The molecule has 0 atom stereocenters. The Balaban J connectivity index is 2.14. The molecule has 0 fully saturated rings. The van der Waals surface area contributed by atoms with E-state index in [2.05, 4.69) is 9.72 Å². The van der Waals surface area contributed by atoms with Gasteiger partial charge in [0.25, 0.3) is 0 Å². The van der Waals surface area contributed by atoms with Crippen LogP contribution < -0.4 is 0 Å². The zero-order valence-corrected chi connectivity index (χ0v) is 14.0. The molecular formula is C16H8ClF4NO2S. The van der Waals surface area contributed by atoms with E-state index in [4.69, 9.17) is 11.6 Å². The molecule has 0 saturated carbocycles. The van der Waals surface area contributed by atoms with Crippen molar-refractivity contribution in [2.75, 3.05) is 7.11 Å². The quantitative estimate of drug-likeness (QED) is 0.425. The van der Waals surface area contributed by atoms with Crippen molar-refractivity contribution < 1.29 is 27.1 Å². The first-order chi connectivity index (χ1) is 11.7. The van der Waals surface area contributed by atoms with E-state index in [0.717, 1.165) is 36.6 Å².